The molecule has 0 radical (unpaired) electrons. The molecule has 0 saturated carbocycles. The van der Waals surface area contributed by atoms with Gasteiger partial charge in [-0.25, -0.2) is 0 Å². The largest absolute Gasteiger partial charge is 0.481 e. The van der Waals surface area contributed by atoms with E-state index in [9.17, 15) is 24.3 Å². The van der Waals surface area contributed by atoms with Crippen LogP contribution in [0.5, 0.6) is 0 Å². The van der Waals surface area contributed by atoms with Gasteiger partial charge in [0.25, 0.3) is 5.91 Å². The number of hydrogen-bond acceptors (Lipinski definition) is 4. The summed E-state index contributed by atoms with van der Waals surface area (Å²) in [4.78, 5) is 54.1. The quantitative estimate of drug-likeness (QED) is 0.404. The number of carboxylic acid groups (broad SMARTS) is 1. The molecule has 2 heterocycles. The van der Waals surface area contributed by atoms with E-state index in [1.807, 2.05) is 36.4 Å². The molecular weight excluding hydrogens is 446 g/mol. The Balaban J connectivity index is 1.69. The van der Waals surface area contributed by atoms with Crippen molar-refractivity contribution in [2.75, 3.05) is 11.4 Å². The topological polar surface area (TPSA) is 107 Å². The fourth-order valence-electron chi connectivity index (χ4n) is 5.18. The van der Waals surface area contributed by atoms with Crippen LogP contribution in [-0.4, -0.2) is 46.8 Å². The fraction of sp³-hybridized carbons (Fsp3) is 0.407. The molecule has 184 valence electrons. The van der Waals surface area contributed by atoms with Crippen molar-refractivity contribution in [1.29, 1.82) is 0 Å². The minimum atomic E-state index is -1.50. The average molecular weight is 478 g/mol. The van der Waals surface area contributed by atoms with E-state index >= 15 is 0 Å². The zero-order valence-electron chi connectivity index (χ0n) is 19.9. The van der Waals surface area contributed by atoms with Gasteiger partial charge in [0.05, 0.1) is 0 Å². The summed E-state index contributed by atoms with van der Waals surface area (Å²) >= 11 is 0. The number of carbonyl (C=O) groups excluding carboxylic acids is 3. The van der Waals surface area contributed by atoms with Gasteiger partial charge in [-0.1, -0.05) is 62.2 Å². The van der Waals surface area contributed by atoms with Crippen molar-refractivity contribution in [2.24, 2.45) is 0 Å². The molecule has 0 fully saturated rings. The van der Waals surface area contributed by atoms with E-state index in [0.29, 0.717) is 37.2 Å². The van der Waals surface area contributed by atoms with Crippen molar-refractivity contribution in [3.05, 3.63) is 65.2 Å². The first-order valence-corrected chi connectivity index (χ1v) is 12.1. The predicted octanol–water partition coefficient (Wildman–Crippen LogP) is 2.98. The zero-order chi connectivity index (χ0) is 25.0. The third kappa shape index (κ3) is 4.65. The van der Waals surface area contributed by atoms with E-state index in [1.165, 1.54) is 4.90 Å². The normalized spacial score (nSPS) is 20.8. The van der Waals surface area contributed by atoms with Crippen LogP contribution in [0.3, 0.4) is 0 Å². The number of unbranched alkanes of at least 4 members (excludes halogenated alkanes) is 2. The molecular formula is C27H31N3O5. The molecule has 4 rings (SSSR count). The molecule has 0 saturated heterocycles. The molecule has 3 amide bonds. The molecule has 2 aliphatic rings. The minimum Gasteiger partial charge on any atom is -0.481 e. The molecule has 0 bridgehead atoms. The minimum absolute atomic E-state index is 0.0708. The van der Waals surface area contributed by atoms with Crippen LogP contribution >= 0.6 is 0 Å². The maximum atomic E-state index is 13.9. The maximum absolute atomic E-state index is 13.9. The van der Waals surface area contributed by atoms with Crippen LogP contribution in [0.1, 0.15) is 55.7 Å². The highest BCUT2D eigenvalue weighted by Crippen LogP contribution is 2.43. The van der Waals surface area contributed by atoms with Crippen molar-refractivity contribution in [2.45, 2.75) is 63.6 Å². The first kappa shape index (κ1) is 24.4. The number of carbonyl (C=O) groups is 4. The number of nitrogens with zero attached hydrogens (tertiary/aromatic N) is 2. The first-order valence-electron chi connectivity index (χ1n) is 12.1. The van der Waals surface area contributed by atoms with Crippen LogP contribution in [0.2, 0.25) is 0 Å². The van der Waals surface area contributed by atoms with E-state index in [-0.39, 0.29) is 18.7 Å². The Bertz CT molecular complexity index is 1130. The second-order valence-corrected chi connectivity index (χ2v) is 9.24. The van der Waals surface area contributed by atoms with Crippen molar-refractivity contribution in [3.8, 4) is 0 Å². The van der Waals surface area contributed by atoms with Gasteiger partial charge in [-0.3, -0.25) is 19.2 Å². The molecule has 2 aromatic rings. The van der Waals surface area contributed by atoms with Gasteiger partial charge in [0, 0.05) is 37.2 Å². The molecule has 8 nitrogen and oxygen atoms in total. The summed E-state index contributed by atoms with van der Waals surface area (Å²) < 4.78 is 0. The van der Waals surface area contributed by atoms with Crippen LogP contribution in [0.4, 0.5) is 5.69 Å². The highest BCUT2D eigenvalue weighted by molar-refractivity contribution is 6.10. The second kappa shape index (κ2) is 10.3. The summed E-state index contributed by atoms with van der Waals surface area (Å²) in [6, 6.07) is 14.1. The number of rotatable bonds is 10. The van der Waals surface area contributed by atoms with Gasteiger partial charge in [0.15, 0.2) is 0 Å². The van der Waals surface area contributed by atoms with Crippen LogP contribution in [0.25, 0.3) is 0 Å². The lowest BCUT2D eigenvalue weighted by Crippen LogP contribution is -2.59. The third-order valence-electron chi connectivity index (χ3n) is 7.02. The van der Waals surface area contributed by atoms with Crippen LogP contribution in [0.15, 0.2) is 48.5 Å². The van der Waals surface area contributed by atoms with E-state index < -0.39 is 23.5 Å². The average Bonchev–Trinajstić information content (AvgIpc) is 3.09. The summed E-state index contributed by atoms with van der Waals surface area (Å²) in [5, 5.41) is 12.4. The number of aliphatic carboxylic acids is 1. The standard InChI is InChI=1S/C27H31N3O5/c1-2-3-8-15-30-22-12-7-6-11-21(22)27(26(30)35,14-13-24(32)33)28-25(34)23-16-19-9-4-5-10-20(19)17-29(23)18-31/h4-7,9-12,18,23H,2-3,8,13-17H2,1H3,(H,28,34)(H,32,33). The van der Waals surface area contributed by atoms with Gasteiger partial charge in [-0.2, -0.15) is 0 Å². The number of benzene rings is 2. The molecule has 2 atom stereocenters. The Labute approximate surface area is 204 Å². The lowest BCUT2D eigenvalue weighted by atomic mass is 9.85. The Morgan fingerprint density at radius 1 is 1.11 bits per heavy atom. The first-order chi connectivity index (χ1) is 16.9. The van der Waals surface area contributed by atoms with Gasteiger partial charge in [0.2, 0.25) is 12.3 Å². The summed E-state index contributed by atoms with van der Waals surface area (Å²) in [7, 11) is 0. The monoisotopic (exact) mass is 477 g/mol. The number of para-hydroxylation sites is 1. The SMILES string of the molecule is CCCCCN1C(=O)C(CCC(=O)O)(NC(=O)C2Cc3ccccc3CN2C=O)c2ccccc21. The second-order valence-electron chi connectivity index (χ2n) is 9.24. The van der Waals surface area contributed by atoms with Crippen molar-refractivity contribution >= 4 is 29.9 Å². The fourth-order valence-corrected chi connectivity index (χ4v) is 5.18. The molecule has 35 heavy (non-hydrogen) atoms. The smallest absolute Gasteiger partial charge is 0.303 e. The molecule has 2 aromatic carbocycles. The summed E-state index contributed by atoms with van der Waals surface area (Å²) in [5.41, 5.74) is 1.76. The van der Waals surface area contributed by atoms with Crippen molar-refractivity contribution < 1.29 is 24.3 Å². The summed E-state index contributed by atoms with van der Waals surface area (Å²) in [6.45, 7) is 2.87. The van der Waals surface area contributed by atoms with Gasteiger partial charge < -0.3 is 20.2 Å². The number of amides is 3. The molecule has 2 aliphatic heterocycles. The molecule has 0 aromatic heterocycles. The Kier molecular flexibility index (Phi) is 7.19. The van der Waals surface area contributed by atoms with Gasteiger partial charge in [0.1, 0.15) is 11.6 Å². The van der Waals surface area contributed by atoms with E-state index in [1.54, 1.807) is 17.0 Å². The van der Waals surface area contributed by atoms with Crippen molar-refractivity contribution in [3.63, 3.8) is 0 Å². The Hall–Kier alpha value is -3.68. The number of nitrogens with one attached hydrogen (secondary N) is 1. The van der Waals surface area contributed by atoms with Crippen LogP contribution < -0.4 is 10.2 Å². The van der Waals surface area contributed by atoms with Gasteiger partial charge in [-0.15, -0.1) is 0 Å². The Morgan fingerprint density at radius 3 is 2.54 bits per heavy atom. The molecule has 8 heteroatoms. The number of anilines is 1. The van der Waals surface area contributed by atoms with Crippen LogP contribution in [-0.2, 0) is 37.7 Å². The lowest BCUT2D eigenvalue weighted by Gasteiger charge is -2.37. The lowest BCUT2D eigenvalue weighted by molar-refractivity contribution is -0.140. The van der Waals surface area contributed by atoms with Crippen LogP contribution in [0, 0.1) is 0 Å². The van der Waals surface area contributed by atoms with E-state index in [2.05, 4.69) is 12.2 Å². The van der Waals surface area contributed by atoms with E-state index in [0.717, 1.165) is 30.4 Å². The van der Waals surface area contributed by atoms with Gasteiger partial charge >= 0.3 is 5.97 Å². The summed E-state index contributed by atoms with van der Waals surface area (Å²) in [5.74, 6) is -1.83. The molecule has 0 aliphatic carbocycles. The predicted molar refractivity (Wildman–Crippen MR) is 131 cm³/mol. The number of hydrogen-bond donors (Lipinski definition) is 2. The number of carboxylic acids is 1. The summed E-state index contributed by atoms with van der Waals surface area (Å²) in [6.07, 6.45) is 3.38. The highest BCUT2D eigenvalue weighted by Gasteiger charge is 2.52. The maximum Gasteiger partial charge on any atom is 0.303 e. The van der Waals surface area contributed by atoms with E-state index in [4.69, 9.17) is 0 Å². The number of fused-ring (bicyclic) bond motifs is 2. The third-order valence-corrected chi connectivity index (χ3v) is 7.02. The highest BCUT2D eigenvalue weighted by atomic mass is 16.4. The van der Waals surface area contributed by atoms with Gasteiger partial charge in [-0.05, 0) is 30.0 Å². The molecule has 2 N–H and O–H groups in total. The molecule has 2 unspecified atom stereocenters. The van der Waals surface area contributed by atoms with Crippen molar-refractivity contribution in [1.82, 2.24) is 10.2 Å². The molecule has 0 spiro atoms. The zero-order valence-corrected chi connectivity index (χ0v) is 19.9. The Morgan fingerprint density at radius 2 is 1.83 bits per heavy atom.